The zero-order chi connectivity index (χ0) is 16.7. The van der Waals surface area contributed by atoms with E-state index in [1.54, 1.807) is 12.4 Å². The van der Waals surface area contributed by atoms with Gasteiger partial charge in [0, 0.05) is 24.6 Å². The maximum absolute atomic E-state index is 12.3. The number of benzene rings is 1. The van der Waals surface area contributed by atoms with Gasteiger partial charge in [0.2, 0.25) is 5.95 Å². The minimum absolute atomic E-state index is 0.196. The van der Waals surface area contributed by atoms with Crippen molar-refractivity contribution < 1.29 is 4.79 Å². The van der Waals surface area contributed by atoms with Crippen molar-refractivity contribution in [2.75, 3.05) is 17.2 Å². The topological polar surface area (TPSA) is 66.9 Å². The fraction of sp³-hybridized carbons (Fsp3) is 0.389. The lowest BCUT2D eigenvalue weighted by atomic mass is 10.0. The lowest BCUT2D eigenvalue weighted by molar-refractivity contribution is 0.102. The molecule has 1 amide bonds. The summed E-state index contributed by atoms with van der Waals surface area (Å²) in [6, 6.07) is 7.83. The number of rotatable bonds is 7. The van der Waals surface area contributed by atoms with E-state index in [0.717, 1.165) is 30.6 Å². The van der Waals surface area contributed by atoms with E-state index in [0.29, 0.717) is 17.4 Å². The number of aromatic nitrogens is 2. The summed E-state index contributed by atoms with van der Waals surface area (Å²) in [5.41, 5.74) is 2.39. The van der Waals surface area contributed by atoms with E-state index in [1.807, 2.05) is 24.3 Å². The average Bonchev–Trinajstić information content (AvgIpc) is 2.56. The molecule has 5 heteroatoms. The monoisotopic (exact) mass is 312 g/mol. The molecule has 5 nitrogen and oxygen atoms in total. The number of hydrogen-bond donors (Lipinski definition) is 2. The summed E-state index contributed by atoms with van der Waals surface area (Å²) in [6.45, 7) is 7.17. The number of anilines is 2. The summed E-state index contributed by atoms with van der Waals surface area (Å²) >= 11 is 0. The zero-order valence-corrected chi connectivity index (χ0v) is 14.0. The highest BCUT2D eigenvalue weighted by molar-refractivity contribution is 6.04. The Morgan fingerprint density at radius 1 is 1.17 bits per heavy atom. The van der Waals surface area contributed by atoms with Gasteiger partial charge < -0.3 is 10.6 Å². The molecular formula is C18H24N4O. The number of nitrogens with one attached hydrogen (secondary N) is 2. The number of carbonyl (C=O) groups is 1. The molecule has 0 unspecified atom stereocenters. The van der Waals surface area contributed by atoms with Gasteiger partial charge in [0.25, 0.3) is 5.91 Å². The van der Waals surface area contributed by atoms with Crippen LogP contribution in [0, 0.1) is 0 Å². The van der Waals surface area contributed by atoms with Crippen LogP contribution in [0.1, 0.15) is 55.5 Å². The Hall–Kier alpha value is -2.43. The van der Waals surface area contributed by atoms with Gasteiger partial charge in [-0.25, -0.2) is 9.97 Å². The largest absolute Gasteiger partial charge is 0.354 e. The van der Waals surface area contributed by atoms with E-state index in [-0.39, 0.29) is 5.91 Å². The van der Waals surface area contributed by atoms with Gasteiger partial charge in [-0.3, -0.25) is 4.79 Å². The molecule has 0 fully saturated rings. The number of hydrogen-bond acceptors (Lipinski definition) is 4. The first-order valence-electron chi connectivity index (χ1n) is 8.08. The maximum Gasteiger partial charge on any atom is 0.258 e. The van der Waals surface area contributed by atoms with Gasteiger partial charge in [0.1, 0.15) is 0 Å². The molecule has 23 heavy (non-hydrogen) atoms. The molecule has 0 spiro atoms. The van der Waals surface area contributed by atoms with Gasteiger partial charge in [0.15, 0.2) is 0 Å². The summed E-state index contributed by atoms with van der Waals surface area (Å²) < 4.78 is 0. The molecule has 122 valence electrons. The fourth-order valence-corrected chi connectivity index (χ4v) is 2.22. The highest BCUT2D eigenvalue weighted by atomic mass is 16.1. The van der Waals surface area contributed by atoms with E-state index in [9.17, 15) is 4.79 Å². The van der Waals surface area contributed by atoms with Crippen molar-refractivity contribution in [3.05, 3.63) is 47.8 Å². The summed E-state index contributed by atoms with van der Waals surface area (Å²) in [5.74, 6) is 0.698. The van der Waals surface area contributed by atoms with Crippen LogP contribution >= 0.6 is 0 Å². The van der Waals surface area contributed by atoms with Crippen LogP contribution in [0.3, 0.4) is 0 Å². The number of carbonyl (C=O) groups excluding carboxylic acids is 1. The van der Waals surface area contributed by atoms with Crippen LogP contribution in [-0.2, 0) is 0 Å². The Kier molecular flexibility index (Phi) is 6.09. The van der Waals surface area contributed by atoms with Crippen LogP contribution in [0.25, 0.3) is 0 Å². The highest BCUT2D eigenvalue weighted by Crippen LogP contribution is 2.24. The SMILES string of the molecule is CCCCNc1ncc(C(=O)Nc2ccccc2C(C)C)cn1. The smallest absolute Gasteiger partial charge is 0.258 e. The third-order valence-electron chi connectivity index (χ3n) is 3.56. The number of unbranched alkanes of at least 4 members (excludes halogenated alkanes) is 1. The molecular weight excluding hydrogens is 288 g/mol. The second-order valence-electron chi connectivity index (χ2n) is 5.77. The summed E-state index contributed by atoms with van der Waals surface area (Å²) in [7, 11) is 0. The highest BCUT2D eigenvalue weighted by Gasteiger charge is 2.11. The molecule has 0 aliphatic rings. The molecule has 0 saturated carbocycles. The average molecular weight is 312 g/mol. The van der Waals surface area contributed by atoms with Crippen LogP contribution in [0.5, 0.6) is 0 Å². The van der Waals surface area contributed by atoms with Gasteiger partial charge in [-0.1, -0.05) is 45.4 Å². The van der Waals surface area contributed by atoms with Crippen molar-refractivity contribution in [2.45, 2.75) is 39.5 Å². The molecule has 0 bridgehead atoms. The van der Waals surface area contributed by atoms with E-state index < -0.39 is 0 Å². The molecule has 0 aliphatic heterocycles. The first kappa shape index (κ1) is 16.9. The van der Waals surface area contributed by atoms with Gasteiger partial charge in [-0.15, -0.1) is 0 Å². The molecule has 1 aromatic carbocycles. The van der Waals surface area contributed by atoms with E-state index in [2.05, 4.69) is 41.4 Å². The van der Waals surface area contributed by atoms with E-state index >= 15 is 0 Å². The summed E-state index contributed by atoms with van der Waals surface area (Å²) in [5, 5.41) is 6.07. The molecule has 0 radical (unpaired) electrons. The second kappa shape index (κ2) is 8.27. The quantitative estimate of drug-likeness (QED) is 0.756. The maximum atomic E-state index is 12.3. The van der Waals surface area contributed by atoms with Crippen molar-refractivity contribution >= 4 is 17.5 Å². The van der Waals surface area contributed by atoms with Gasteiger partial charge in [-0.2, -0.15) is 0 Å². The predicted molar refractivity (Wildman–Crippen MR) is 93.9 cm³/mol. The molecule has 0 atom stereocenters. The number of nitrogens with zero attached hydrogens (tertiary/aromatic N) is 2. The predicted octanol–water partition coefficient (Wildman–Crippen LogP) is 4.06. The molecule has 1 heterocycles. The van der Waals surface area contributed by atoms with Crippen molar-refractivity contribution in [1.82, 2.24) is 9.97 Å². The fourth-order valence-electron chi connectivity index (χ4n) is 2.22. The Bertz CT molecular complexity index is 638. The van der Waals surface area contributed by atoms with Crippen molar-refractivity contribution in [1.29, 1.82) is 0 Å². The Morgan fingerprint density at radius 3 is 2.52 bits per heavy atom. The summed E-state index contributed by atoms with van der Waals surface area (Å²) in [4.78, 5) is 20.7. The number of para-hydroxylation sites is 1. The number of amides is 1. The van der Waals surface area contributed by atoms with Crippen LogP contribution in [-0.4, -0.2) is 22.4 Å². The zero-order valence-electron chi connectivity index (χ0n) is 14.0. The van der Waals surface area contributed by atoms with Crippen LogP contribution in [0.15, 0.2) is 36.7 Å². The normalized spacial score (nSPS) is 10.6. The molecule has 2 rings (SSSR count). The molecule has 2 N–H and O–H groups in total. The molecule has 2 aromatic rings. The van der Waals surface area contributed by atoms with Gasteiger partial charge in [0.05, 0.1) is 5.56 Å². The van der Waals surface area contributed by atoms with Crippen LogP contribution < -0.4 is 10.6 Å². The van der Waals surface area contributed by atoms with Crippen LogP contribution in [0.2, 0.25) is 0 Å². The van der Waals surface area contributed by atoms with Crippen molar-refractivity contribution in [2.24, 2.45) is 0 Å². The Balaban J connectivity index is 2.04. The first-order chi connectivity index (χ1) is 11.1. The third kappa shape index (κ3) is 4.77. The Labute approximate surface area is 137 Å². The Morgan fingerprint density at radius 2 is 1.87 bits per heavy atom. The minimum atomic E-state index is -0.196. The lowest BCUT2D eigenvalue weighted by Gasteiger charge is -2.13. The first-order valence-corrected chi connectivity index (χ1v) is 8.08. The molecule has 1 aromatic heterocycles. The lowest BCUT2D eigenvalue weighted by Crippen LogP contribution is -2.15. The minimum Gasteiger partial charge on any atom is -0.354 e. The van der Waals surface area contributed by atoms with Gasteiger partial charge >= 0.3 is 0 Å². The van der Waals surface area contributed by atoms with Crippen LogP contribution in [0.4, 0.5) is 11.6 Å². The van der Waals surface area contributed by atoms with Crippen molar-refractivity contribution in [3.63, 3.8) is 0 Å². The van der Waals surface area contributed by atoms with E-state index in [1.165, 1.54) is 0 Å². The van der Waals surface area contributed by atoms with Gasteiger partial charge in [-0.05, 0) is 24.0 Å². The molecule has 0 aliphatic carbocycles. The van der Waals surface area contributed by atoms with Crippen molar-refractivity contribution in [3.8, 4) is 0 Å². The standard InChI is InChI=1S/C18H24N4O/c1-4-5-10-19-18-20-11-14(12-21-18)17(23)22-16-9-7-6-8-15(16)13(2)3/h6-9,11-13H,4-5,10H2,1-3H3,(H,22,23)(H,19,20,21). The van der Waals surface area contributed by atoms with E-state index in [4.69, 9.17) is 0 Å². The molecule has 0 saturated heterocycles. The second-order valence-corrected chi connectivity index (χ2v) is 5.77. The third-order valence-corrected chi connectivity index (χ3v) is 3.56. The summed E-state index contributed by atoms with van der Waals surface area (Å²) in [6.07, 6.45) is 5.28.